The first-order valence-electron chi connectivity index (χ1n) is 5.70. The van der Waals surface area contributed by atoms with Crippen LogP contribution in [0.25, 0.3) is 0 Å². The summed E-state index contributed by atoms with van der Waals surface area (Å²) in [6.45, 7) is 2.15. The molecule has 2 rings (SSSR count). The number of carbonyl (C=O) groups is 1. The van der Waals surface area contributed by atoms with Crippen LogP contribution in [0.15, 0.2) is 23.6 Å². The van der Waals surface area contributed by atoms with E-state index in [1.807, 2.05) is 12.3 Å². The number of carbonyl (C=O) groups excluding carboxylic acids is 1. The van der Waals surface area contributed by atoms with Crippen LogP contribution in [0.4, 0.5) is 11.4 Å². The number of nitrogens with zero attached hydrogens (tertiary/aromatic N) is 2. The second kappa shape index (κ2) is 5.66. The lowest BCUT2D eigenvalue weighted by atomic mass is 10.1. The molecule has 7 nitrogen and oxygen atoms in total. The van der Waals surface area contributed by atoms with Gasteiger partial charge in [-0.3, -0.25) is 14.9 Å². The Bertz CT molecular complexity index is 668. The summed E-state index contributed by atoms with van der Waals surface area (Å²) in [4.78, 5) is 26.3. The number of thiazole rings is 1. The van der Waals surface area contributed by atoms with E-state index in [0.29, 0.717) is 0 Å². The first-order valence-corrected chi connectivity index (χ1v) is 6.58. The summed E-state index contributed by atoms with van der Waals surface area (Å²) in [5.41, 5.74) is 6.18. The Labute approximate surface area is 118 Å². The van der Waals surface area contributed by atoms with Crippen LogP contribution in [0, 0.1) is 17.0 Å². The lowest BCUT2D eigenvalue weighted by Crippen LogP contribution is -2.23. The van der Waals surface area contributed by atoms with E-state index in [4.69, 9.17) is 5.73 Å². The van der Waals surface area contributed by atoms with Gasteiger partial charge in [0, 0.05) is 17.0 Å². The van der Waals surface area contributed by atoms with Crippen molar-refractivity contribution in [2.75, 3.05) is 5.73 Å². The fourth-order valence-electron chi connectivity index (χ4n) is 1.61. The average molecular weight is 292 g/mol. The van der Waals surface area contributed by atoms with Crippen LogP contribution < -0.4 is 11.1 Å². The van der Waals surface area contributed by atoms with Crippen molar-refractivity contribution in [3.8, 4) is 0 Å². The van der Waals surface area contributed by atoms with Gasteiger partial charge >= 0.3 is 0 Å². The van der Waals surface area contributed by atoms with E-state index in [1.54, 1.807) is 0 Å². The molecule has 8 heteroatoms. The van der Waals surface area contributed by atoms with E-state index in [-0.39, 0.29) is 23.5 Å². The largest absolute Gasteiger partial charge is 0.393 e. The highest BCUT2D eigenvalue weighted by atomic mass is 32.1. The maximum atomic E-state index is 11.9. The zero-order valence-corrected chi connectivity index (χ0v) is 11.4. The Kier molecular flexibility index (Phi) is 3.94. The molecule has 0 saturated heterocycles. The fraction of sp³-hybridized carbons (Fsp3) is 0.167. The van der Waals surface area contributed by atoms with Crippen LogP contribution in [0.2, 0.25) is 0 Å². The number of anilines is 1. The molecule has 0 saturated carbocycles. The third-order valence-electron chi connectivity index (χ3n) is 2.59. The number of nitrogens with two attached hydrogens (primary N) is 1. The molecule has 0 unspecified atom stereocenters. The Morgan fingerprint density at radius 2 is 2.30 bits per heavy atom. The molecular formula is C12H12N4O3S. The summed E-state index contributed by atoms with van der Waals surface area (Å²) >= 11 is 1.49. The quantitative estimate of drug-likeness (QED) is 0.507. The Hall–Kier alpha value is -2.48. The van der Waals surface area contributed by atoms with E-state index in [0.717, 1.165) is 16.8 Å². The van der Waals surface area contributed by atoms with Gasteiger partial charge < -0.3 is 11.1 Å². The van der Waals surface area contributed by atoms with Gasteiger partial charge in [0.1, 0.15) is 5.69 Å². The van der Waals surface area contributed by atoms with Gasteiger partial charge in [-0.2, -0.15) is 0 Å². The predicted octanol–water partition coefficient (Wildman–Crippen LogP) is 1.87. The number of aromatic nitrogens is 1. The molecule has 0 bridgehead atoms. The Balaban J connectivity index is 2.09. The summed E-state index contributed by atoms with van der Waals surface area (Å²) in [6, 6.07) is 3.96. The highest BCUT2D eigenvalue weighted by molar-refractivity contribution is 7.09. The molecular weight excluding hydrogens is 280 g/mol. The molecule has 0 spiro atoms. The molecule has 1 heterocycles. The smallest absolute Gasteiger partial charge is 0.292 e. The normalized spacial score (nSPS) is 10.2. The van der Waals surface area contributed by atoms with Gasteiger partial charge in [-0.05, 0) is 19.1 Å². The van der Waals surface area contributed by atoms with Crippen LogP contribution in [0.3, 0.4) is 0 Å². The van der Waals surface area contributed by atoms with Crippen molar-refractivity contribution in [3.63, 3.8) is 0 Å². The maximum Gasteiger partial charge on any atom is 0.292 e. The van der Waals surface area contributed by atoms with Gasteiger partial charge in [-0.1, -0.05) is 0 Å². The van der Waals surface area contributed by atoms with E-state index in [2.05, 4.69) is 10.3 Å². The minimum absolute atomic E-state index is 0.0293. The van der Waals surface area contributed by atoms with Crippen molar-refractivity contribution >= 4 is 28.6 Å². The van der Waals surface area contributed by atoms with E-state index >= 15 is 0 Å². The summed E-state index contributed by atoms with van der Waals surface area (Å²) in [7, 11) is 0. The average Bonchev–Trinajstić information content (AvgIpc) is 2.82. The zero-order valence-electron chi connectivity index (χ0n) is 10.6. The number of nitro benzene ring substituents is 1. The first-order chi connectivity index (χ1) is 9.47. The Morgan fingerprint density at radius 3 is 2.90 bits per heavy atom. The van der Waals surface area contributed by atoms with Crippen molar-refractivity contribution < 1.29 is 9.72 Å². The first kappa shape index (κ1) is 13.9. The summed E-state index contributed by atoms with van der Waals surface area (Å²) in [5.74, 6) is -0.404. The number of nitro groups is 1. The molecule has 0 radical (unpaired) electrons. The number of hydrogen-bond donors (Lipinski definition) is 2. The summed E-state index contributed by atoms with van der Waals surface area (Å²) in [6.07, 6.45) is 0. The van der Waals surface area contributed by atoms with Crippen molar-refractivity contribution in [2.45, 2.75) is 13.5 Å². The molecule has 104 valence electrons. The highest BCUT2D eigenvalue weighted by Gasteiger charge is 2.15. The standard InChI is InChI=1S/C12H12N4O3S/c1-7-15-9(6-20-7)5-14-12(17)8-2-3-10(13)11(4-8)16(18)19/h2-4,6H,5,13H2,1H3,(H,14,17). The van der Waals surface area contributed by atoms with Crippen molar-refractivity contribution in [3.05, 3.63) is 50.0 Å². The molecule has 20 heavy (non-hydrogen) atoms. The number of nitrogen functional groups attached to an aromatic ring is 1. The summed E-state index contributed by atoms with van der Waals surface area (Å²) in [5, 5.41) is 16.2. The molecule has 1 amide bonds. The molecule has 0 atom stereocenters. The molecule has 0 aliphatic heterocycles. The molecule has 0 aliphatic rings. The maximum absolute atomic E-state index is 11.9. The monoisotopic (exact) mass is 292 g/mol. The Morgan fingerprint density at radius 1 is 1.55 bits per heavy atom. The lowest BCUT2D eigenvalue weighted by Gasteiger charge is -2.04. The van der Waals surface area contributed by atoms with Crippen molar-refractivity contribution in [2.24, 2.45) is 0 Å². The molecule has 2 aromatic rings. The minimum atomic E-state index is -0.615. The number of hydrogen-bond acceptors (Lipinski definition) is 6. The molecule has 1 aromatic carbocycles. The van der Waals surface area contributed by atoms with E-state index < -0.39 is 10.8 Å². The molecule has 1 aromatic heterocycles. The van der Waals surface area contributed by atoms with Crippen LogP contribution >= 0.6 is 11.3 Å². The SMILES string of the molecule is Cc1nc(CNC(=O)c2ccc(N)c([N+](=O)[O-])c2)cs1. The predicted molar refractivity (Wildman–Crippen MR) is 75.5 cm³/mol. The van der Waals surface area contributed by atoms with Gasteiger partial charge in [0.15, 0.2) is 0 Å². The number of nitrogens with one attached hydrogen (secondary N) is 1. The number of rotatable bonds is 4. The fourth-order valence-corrected chi connectivity index (χ4v) is 2.22. The molecule has 0 aliphatic carbocycles. The van der Waals surface area contributed by atoms with Gasteiger partial charge in [-0.15, -0.1) is 11.3 Å². The van der Waals surface area contributed by atoms with Crippen molar-refractivity contribution in [1.29, 1.82) is 0 Å². The van der Waals surface area contributed by atoms with E-state index in [1.165, 1.54) is 23.5 Å². The van der Waals surface area contributed by atoms with Crippen LogP contribution in [-0.4, -0.2) is 15.8 Å². The highest BCUT2D eigenvalue weighted by Crippen LogP contribution is 2.22. The van der Waals surface area contributed by atoms with Crippen LogP contribution in [0.1, 0.15) is 21.1 Å². The third kappa shape index (κ3) is 3.09. The van der Waals surface area contributed by atoms with Crippen LogP contribution in [-0.2, 0) is 6.54 Å². The zero-order chi connectivity index (χ0) is 14.7. The van der Waals surface area contributed by atoms with Gasteiger partial charge in [0.25, 0.3) is 11.6 Å². The topological polar surface area (TPSA) is 111 Å². The van der Waals surface area contributed by atoms with Gasteiger partial charge in [0.05, 0.1) is 22.2 Å². The van der Waals surface area contributed by atoms with E-state index in [9.17, 15) is 14.9 Å². The van der Waals surface area contributed by atoms with Crippen molar-refractivity contribution in [1.82, 2.24) is 10.3 Å². The molecule has 0 fully saturated rings. The number of benzene rings is 1. The summed E-state index contributed by atoms with van der Waals surface area (Å²) < 4.78 is 0. The van der Waals surface area contributed by atoms with Crippen LogP contribution in [0.5, 0.6) is 0 Å². The number of amides is 1. The lowest BCUT2D eigenvalue weighted by molar-refractivity contribution is -0.383. The van der Waals surface area contributed by atoms with Gasteiger partial charge in [-0.25, -0.2) is 4.98 Å². The molecule has 3 N–H and O–H groups in total. The van der Waals surface area contributed by atoms with Gasteiger partial charge in [0.2, 0.25) is 0 Å². The number of aryl methyl sites for hydroxylation is 1. The minimum Gasteiger partial charge on any atom is -0.393 e. The second-order valence-corrected chi connectivity index (χ2v) is 5.13. The third-order valence-corrected chi connectivity index (χ3v) is 3.41. The second-order valence-electron chi connectivity index (χ2n) is 4.07.